The molecule has 1 aromatic heterocycles. The maximum Gasteiger partial charge on any atom is 0.319 e. The molecule has 1 aromatic rings. The van der Waals surface area contributed by atoms with Crippen molar-refractivity contribution in [3.8, 4) is 11.9 Å². The van der Waals surface area contributed by atoms with Gasteiger partial charge in [-0.25, -0.2) is 4.98 Å². The Morgan fingerprint density at radius 1 is 1.50 bits per heavy atom. The Balaban J connectivity index is 2.73. The highest BCUT2D eigenvalue weighted by atomic mass is 16.5. The van der Waals surface area contributed by atoms with Crippen LogP contribution in [0.25, 0.3) is 0 Å². The molecule has 0 saturated heterocycles. The molecule has 2 N–H and O–H groups in total. The smallest absolute Gasteiger partial charge is 0.319 e. The standard InChI is InChI=1S/C9H15N3O2/c1-6(2)5-14-8-7(10)4-11-9(12-8)13-3/h4,6H,5,10H2,1-3H3. The van der Waals surface area contributed by atoms with Crippen LogP contribution in [0.15, 0.2) is 6.20 Å². The van der Waals surface area contributed by atoms with E-state index in [1.165, 1.54) is 13.3 Å². The summed E-state index contributed by atoms with van der Waals surface area (Å²) in [5.41, 5.74) is 6.05. The van der Waals surface area contributed by atoms with Crippen molar-refractivity contribution in [3.63, 3.8) is 0 Å². The molecule has 5 heteroatoms. The van der Waals surface area contributed by atoms with Crippen LogP contribution in [0.4, 0.5) is 5.69 Å². The maximum absolute atomic E-state index is 5.62. The largest absolute Gasteiger partial charge is 0.476 e. The van der Waals surface area contributed by atoms with Crippen molar-refractivity contribution >= 4 is 5.69 Å². The monoisotopic (exact) mass is 197 g/mol. The van der Waals surface area contributed by atoms with Crippen molar-refractivity contribution in [2.24, 2.45) is 5.92 Å². The quantitative estimate of drug-likeness (QED) is 0.782. The minimum Gasteiger partial charge on any atom is -0.476 e. The lowest BCUT2D eigenvalue weighted by molar-refractivity contribution is 0.257. The molecule has 0 aliphatic heterocycles. The van der Waals surface area contributed by atoms with Crippen LogP contribution >= 0.6 is 0 Å². The van der Waals surface area contributed by atoms with E-state index in [9.17, 15) is 0 Å². The van der Waals surface area contributed by atoms with Gasteiger partial charge in [0.25, 0.3) is 0 Å². The molecule has 0 bridgehead atoms. The summed E-state index contributed by atoms with van der Waals surface area (Å²) in [6.07, 6.45) is 1.47. The van der Waals surface area contributed by atoms with E-state index in [0.717, 1.165) is 0 Å². The molecule has 0 aliphatic carbocycles. The summed E-state index contributed by atoms with van der Waals surface area (Å²) in [7, 11) is 1.50. The maximum atomic E-state index is 5.62. The van der Waals surface area contributed by atoms with Gasteiger partial charge in [-0.05, 0) is 5.92 Å². The number of ether oxygens (including phenoxy) is 2. The lowest BCUT2D eigenvalue weighted by atomic mass is 10.2. The number of nitrogen functional groups attached to an aromatic ring is 1. The molecule has 0 aliphatic rings. The number of aromatic nitrogens is 2. The van der Waals surface area contributed by atoms with E-state index >= 15 is 0 Å². The Hall–Kier alpha value is -1.52. The second kappa shape index (κ2) is 4.64. The van der Waals surface area contributed by atoms with Gasteiger partial charge in [-0.1, -0.05) is 13.8 Å². The van der Waals surface area contributed by atoms with Crippen LogP contribution in [-0.2, 0) is 0 Å². The summed E-state index contributed by atoms with van der Waals surface area (Å²) in [4.78, 5) is 7.83. The molecule has 0 atom stereocenters. The number of hydrogen-bond acceptors (Lipinski definition) is 5. The third-order valence-corrected chi connectivity index (χ3v) is 1.49. The third-order valence-electron chi connectivity index (χ3n) is 1.49. The van der Waals surface area contributed by atoms with Gasteiger partial charge in [0.2, 0.25) is 5.88 Å². The van der Waals surface area contributed by atoms with Crippen LogP contribution in [0.1, 0.15) is 13.8 Å². The van der Waals surface area contributed by atoms with Crippen LogP contribution in [0.2, 0.25) is 0 Å². The minimum atomic E-state index is 0.262. The highest BCUT2D eigenvalue weighted by Gasteiger charge is 2.06. The van der Waals surface area contributed by atoms with Gasteiger partial charge in [-0.15, -0.1) is 0 Å². The fraction of sp³-hybridized carbons (Fsp3) is 0.556. The molecule has 0 spiro atoms. The Morgan fingerprint density at radius 2 is 2.21 bits per heavy atom. The van der Waals surface area contributed by atoms with Gasteiger partial charge in [-0.3, -0.25) is 0 Å². The van der Waals surface area contributed by atoms with Crippen LogP contribution in [-0.4, -0.2) is 23.7 Å². The number of hydrogen-bond donors (Lipinski definition) is 1. The zero-order chi connectivity index (χ0) is 10.6. The first-order chi connectivity index (χ1) is 6.63. The van der Waals surface area contributed by atoms with E-state index in [4.69, 9.17) is 15.2 Å². The minimum absolute atomic E-state index is 0.262. The van der Waals surface area contributed by atoms with E-state index in [1.807, 2.05) is 0 Å². The molecular formula is C9H15N3O2. The lowest BCUT2D eigenvalue weighted by Crippen LogP contribution is -2.08. The van der Waals surface area contributed by atoms with Crippen molar-refractivity contribution in [3.05, 3.63) is 6.20 Å². The first-order valence-electron chi connectivity index (χ1n) is 4.42. The van der Waals surface area contributed by atoms with Gasteiger partial charge in [0.1, 0.15) is 5.69 Å². The zero-order valence-corrected chi connectivity index (χ0v) is 8.65. The van der Waals surface area contributed by atoms with Gasteiger partial charge in [0.15, 0.2) is 0 Å². The van der Waals surface area contributed by atoms with Crippen LogP contribution in [0.5, 0.6) is 11.9 Å². The van der Waals surface area contributed by atoms with Crippen LogP contribution < -0.4 is 15.2 Å². The molecule has 0 unspecified atom stereocenters. The Bertz CT molecular complexity index is 302. The Labute approximate surface area is 83.3 Å². The number of methoxy groups -OCH3 is 1. The summed E-state index contributed by atoms with van der Waals surface area (Å²) in [5.74, 6) is 0.806. The van der Waals surface area contributed by atoms with E-state index < -0.39 is 0 Å². The summed E-state index contributed by atoms with van der Waals surface area (Å²) in [6.45, 7) is 4.67. The van der Waals surface area contributed by atoms with Crippen LogP contribution in [0.3, 0.4) is 0 Å². The fourth-order valence-corrected chi connectivity index (χ4v) is 0.820. The molecule has 1 heterocycles. The topological polar surface area (TPSA) is 70.3 Å². The average Bonchev–Trinajstić information content (AvgIpc) is 2.16. The van der Waals surface area contributed by atoms with Gasteiger partial charge < -0.3 is 15.2 Å². The Kier molecular flexibility index (Phi) is 3.50. The van der Waals surface area contributed by atoms with Crippen LogP contribution in [0, 0.1) is 5.92 Å². The van der Waals surface area contributed by atoms with Gasteiger partial charge >= 0.3 is 6.01 Å². The predicted molar refractivity (Wildman–Crippen MR) is 53.3 cm³/mol. The molecule has 0 radical (unpaired) electrons. The number of rotatable bonds is 4. The molecule has 14 heavy (non-hydrogen) atoms. The van der Waals surface area contributed by atoms with E-state index in [0.29, 0.717) is 24.1 Å². The number of anilines is 1. The second-order valence-electron chi connectivity index (χ2n) is 3.32. The first-order valence-corrected chi connectivity index (χ1v) is 4.42. The van der Waals surface area contributed by atoms with Gasteiger partial charge in [0.05, 0.1) is 19.9 Å². The predicted octanol–water partition coefficient (Wildman–Crippen LogP) is 1.10. The lowest BCUT2D eigenvalue weighted by Gasteiger charge is -2.09. The molecule has 78 valence electrons. The number of nitrogens with zero attached hydrogens (tertiary/aromatic N) is 2. The normalized spacial score (nSPS) is 10.3. The van der Waals surface area contributed by atoms with E-state index in [-0.39, 0.29) is 6.01 Å². The van der Waals surface area contributed by atoms with Gasteiger partial charge in [0, 0.05) is 0 Å². The molecule has 0 fully saturated rings. The molecular weight excluding hydrogens is 182 g/mol. The van der Waals surface area contributed by atoms with E-state index in [2.05, 4.69) is 23.8 Å². The second-order valence-corrected chi connectivity index (χ2v) is 3.32. The first kappa shape index (κ1) is 10.6. The molecule has 0 amide bonds. The highest BCUT2D eigenvalue weighted by Crippen LogP contribution is 2.19. The number of nitrogens with two attached hydrogens (primary N) is 1. The Morgan fingerprint density at radius 3 is 2.79 bits per heavy atom. The van der Waals surface area contributed by atoms with Crippen molar-refractivity contribution in [2.75, 3.05) is 19.5 Å². The zero-order valence-electron chi connectivity index (χ0n) is 8.65. The molecule has 5 nitrogen and oxygen atoms in total. The van der Waals surface area contributed by atoms with Crippen molar-refractivity contribution in [1.29, 1.82) is 0 Å². The molecule has 0 aromatic carbocycles. The SMILES string of the molecule is COc1ncc(N)c(OCC(C)C)n1. The third kappa shape index (κ3) is 2.76. The average molecular weight is 197 g/mol. The summed E-state index contributed by atoms with van der Waals surface area (Å²) in [5, 5.41) is 0. The van der Waals surface area contributed by atoms with Crippen molar-refractivity contribution < 1.29 is 9.47 Å². The van der Waals surface area contributed by atoms with Crippen molar-refractivity contribution in [2.45, 2.75) is 13.8 Å². The summed E-state index contributed by atoms with van der Waals surface area (Å²) in [6, 6.07) is 0.262. The van der Waals surface area contributed by atoms with E-state index in [1.54, 1.807) is 0 Å². The molecule has 0 saturated carbocycles. The fourth-order valence-electron chi connectivity index (χ4n) is 0.820. The highest BCUT2D eigenvalue weighted by molar-refractivity contribution is 5.46. The summed E-state index contributed by atoms with van der Waals surface area (Å²) < 4.78 is 10.2. The molecule has 1 rings (SSSR count). The summed E-state index contributed by atoms with van der Waals surface area (Å²) >= 11 is 0. The van der Waals surface area contributed by atoms with Crippen molar-refractivity contribution in [1.82, 2.24) is 9.97 Å². The van der Waals surface area contributed by atoms with Gasteiger partial charge in [-0.2, -0.15) is 4.98 Å².